The van der Waals surface area contributed by atoms with Gasteiger partial charge in [-0.25, -0.2) is 0 Å². The SMILES string of the molecule is Clc1ccc2c(c1)oc1cc3cc4c(cc3cc12)oc1cc(Cl)ccc14.c1ccc(Cc2ccc3c4ccccc4n(-c4ccccc4)c3c2)cc1.c1ccc(N(c2ccc3c(c2)oc2cc4cc5c(cc4cc23)oc2cc(N(c3ccccc3)c3ccc4c6ccccc6n(-c6ccccc6)c4c3)ccc25)c2ccc3c4ccccc4n(-c4ccccc4)c3c2)cc1. The van der Waals surface area contributed by atoms with Crippen LogP contribution in [0, 0.1) is 0 Å². The zero-order valence-electron chi connectivity index (χ0n) is 68.8. The van der Waals surface area contributed by atoms with Crippen molar-refractivity contribution in [1.82, 2.24) is 13.7 Å². The van der Waals surface area contributed by atoms with Crippen molar-refractivity contribution in [3.05, 3.63) is 452 Å². The van der Waals surface area contributed by atoms with Crippen LogP contribution in [0.3, 0.4) is 0 Å². The molecule has 0 saturated carbocycles. The van der Waals surface area contributed by atoms with Crippen LogP contribution in [-0.2, 0) is 6.42 Å². The molecule has 604 valence electrons. The second-order valence-corrected chi connectivity index (χ2v) is 33.8. The van der Waals surface area contributed by atoms with Gasteiger partial charge < -0.3 is 41.2 Å². The minimum atomic E-state index is 0.670. The molecule has 0 bridgehead atoms. The third kappa shape index (κ3) is 12.7. The van der Waals surface area contributed by atoms with E-state index in [4.69, 9.17) is 40.9 Å². The van der Waals surface area contributed by atoms with E-state index in [9.17, 15) is 0 Å². The van der Waals surface area contributed by atoms with Gasteiger partial charge in [-0.3, -0.25) is 0 Å². The van der Waals surface area contributed by atoms with Crippen molar-refractivity contribution >= 4 is 232 Å². The van der Waals surface area contributed by atoms with Gasteiger partial charge in [-0.1, -0.05) is 223 Å². The van der Waals surface area contributed by atoms with Gasteiger partial charge in [0.1, 0.15) is 44.7 Å². The summed E-state index contributed by atoms with van der Waals surface area (Å²) < 4.78 is 32.8. The Hall–Kier alpha value is -16.3. The normalized spacial score (nSPS) is 11.9. The summed E-state index contributed by atoms with van der Waals surface area (Å²) in [7, 11) is 0. The predicted molar refractivity (Wildman–Crippen MR) is 535 cm³/mol. The minimum Gasteiger partial charge on any atom is -0.456 e. The molecule has 0 saturated heterocycles. The molecule has 27 rings (SSSR count). The standard InChI is InChI=1S/C70H44N4O2.C25H19N.C22H10Cl2O2/c1-5-17-47(18-6-1)71(51-29-33-57-55-25-13-15-27-63(55)73(65(57)41-51)49-21-9-3-10-22-49)53-31-35-59-61-37-45-40-68-62(38-46(45)39-67(61)75-69(59)43-53)60-36-32-54(44-70(60)76-68)72(48-19-7-2-8-20-48)52-30-34-58-56-26-14-16-28-64(56)74(66(58)42-52)50-23-11-4-12-24-50;1-3-9-19(10-4-1)17-20-15-16-23-22-13-7-8-14-24(22)26(25(23)18-20)21-11-5-2-6-12-21;23-13-1-3-15-17-5-11-8-20-18(16-4-2-14(24)10-22(16)26-20)6-12(11)7-19(17)25-21(15)9-13/h1-44H;1-16,18H,17H2;1-10H. The third-order valence-electron chi connectivity index (χ3n) is 25.3. The molecule has 0 aliphatic carbocycles. The van der Waals surface area contributed by atoms with E-state index in [0.29, 0.717) is 10.0 Å². The fourth-order valence-corrected chi connectivity index (χ4v) is 19.9. The average Bonchev–Trinajstić information content (AvgIpc) is 1.59. The predicted octanol–water partition coefficient (Wildman–Crippen LogP) is 34.1. The van der Waals surface area contributed by atoms with Gasteiger partial charge in [-0.05, 0) is 245 Å². The molecular weight excluding hydrogens is 1610 g/mol. The second kappa shape index (κ2) is 30.3. The molecule has 20 aromatic carbocycles. The Morgan fingerprint density at radius 1 is 0.180 bits per heavy atom. The molecule has 0 radical (unpaired) electrons. The maximum absolute atomic E-state index is 6.83. The molecular formula is C117H73Cl2N5O4. The number of para-hydroxylation sites is 8. The highest BCUT2D eigenvalue weighted by Crippen LogP contribution is 2.48. The Balaban J connectivity index is 0.000000137. The average molecular weight is 1680 g/mol. The number of rotatable bonds is 11. The molecule has 128 heavy (non-hydrogen) atoms. The van der Waals surface area contributed by atoms with Crippen molar-refractivity contribution < 1.29 is 17.7 Å². The third-order valence-corrected chi connectivity index (χ3v) is 25.8. The Morgan fingerprint density at radius 3 is 0.805 bits per heavy atom. The highest BCUT2D eigenvalue weighted by atomic mass is 35.5. The summed E-state index contributed by atoms with van der Waals surface area (Å²) in [6.07, 6.45) is 0.951. The largest absolute Gasteiger partial charge is 0.456 e. The van der Waals surface area contributed by atoms with Crippen molar-refractivity contribution in [2.45, 2.75) is 6.42 Å². The second-order valence-electron chi connectivity index (χ2n) is 33.0. The number of hydrogen-bond donors (Lipinski definition) is 0. The lowest BCUT2D eigenvalue weighted by Crippen LogP contribution is -2.09. The number of furan rings is 4. The molecule has 0 aliphatic rings. The lowest BCUT2D eigenvalue weighted by molar-refractivity contribution is 0.668. The lowest BCUT2D eigenvalue weighted by Gasteiger charge is -2.25. The molecule has 0 spiro atoms. The number of benzene rings is 20. The summed E-state index contributed by atoms with van der Waals surface area (Å²) in [4.78, 5) is 4.65. The van der Waals surface area contributed by atoms with Gasteiger partial charge in [0.05, 0.1) is 33.1 Å². The molecule has 0 fully saturated rings. The van der Waals surface area contributed by atoms with E-state index in [0.717, 1.165) is 172 Å². The van der Waals surface area contributed by atoms with Crippen LogP contribution in [0.25, 0.3) is 192 Å². The van der Waals surface area contributed by atoms with Crippen LogP contribution in [0.1, 0.15) is 11.1 Å². The molecule has 27 aromatic rings. The number of hydrogen-bond acceptors (Lipinski definition) is 6. The van der Waals surface area contributed by atoms with E-state index >= 15 is 0 Å². The van der Waals surface area contributed by atoms with Crippen molar-refractivity contribution in [2.75, 3.05) is 9.80 Å². The fourth-order valence-electron chi connectivity index (χ4n) is 19.6. The Kier molecular flexibility index (Phi) is 17.6. The molecule has 0 atom stereocenters. The summed E-state index contributed by atoms with van der Waals surface area (Å²) in [6, 6.07) is 152. The van der Waals surface area contributed by atoms with Crippen LogP contribution >= 0.6 is 23.2 Å². The molecule has 9 nitrogen and oxygen atoms in total. The molecule has 0 N–H and O–H groups in total. The smallest absolute Gasteiger partial charge is 0.137 e. The van der Waals surface area contributed by atoms with Crippen molar-refractivity contribution in [2.24, 2.45) is 0 Å². The van der Waals surface area contributed by atoms with E-state index in [-0.39, 0.29) is 0 Å². The Bertz CT molecular complexity index is 8660. The first kappa shape index (κ1) is 74.3. The molecule has 7 aromatic heterocycles. The van der Waals surface area contributed by atoms with Crippen molar-refractivity contribution in [1.29, 1.82) is 0 Å². The number of nitrogens with zero attached hydrogens (tertiary/aromatic N) is 5. The van der Waals surface area contributed by atoms with Crippen LogP contribution in [0.2, 0.25) is 10.0 Å². The van der Waals surface area contributed by atoms with Crippen LogP contribution in [0.4, 0.5) is 34.1 Å². The number of aromatic nitrogens is 3. The summed E-state index contributed by atoms with van der Waals surface area (Å²) in [5, 5.41) is 21.7. The van der Waals surface area contributed by atoms with Gasteiger partial charge in [0, 0.05) is 161 Å². The topological polar surface area (TPSA) is 73.8 Å². The first-order valence-corrected chi connectivity index (χ1v) is 43.8. The summed E-state index contributed by atoms with van der Waals surface area (Å²) in [5.41, 5.74) is 26.2. The molecule has 0 unspecified atom stereocenters. The van der Waals surface area contributed by atoms with Crippen LogP contribution in [0.15, 0.2) is 448 Å². The van der Waals surface area contributed by atoms with Crippen LogP contribution < -0.4 is 9.80 Å². The molecule has 11 heteroatoms. The molecule has 0 amide bonds. The van der Waals surface area contributed by atoms with E-state index in [1.54, 1.807) is 0 Å². The van der Waals surface area contributed by atoms with E-state index in [2.05, 4.69) is 418 Å². The lowest BCUT2D eigenvalue weighted by atomic mass is 10.0. The zero-order valence-corrected chi connectivity index (χ0v) is 70.3. The quantitative estimate of drug-likeness (QED) is 0.128. The summed E-state index contributed by atoms with van der Waals surface area (Å²) >= 11 is 12.2. The maximum Gasteiger partial charge on any atom is 0.137 e. The van der Waals surface area contributed by atoms with Crippen molar-refractivity contribution in [3.63, 3.8) is 0 Å². The first-order valence-electron chi connectivity index (χ1n) is 43.1. The highest BCUT2D eigenvalue weighted by Gasteiger charge is 2.25. The van der Waals surface area contributed by atoms with Gasteiger partial charge in [0.2, 0.25) is 0 Å². The zero-order chi connectivity index (χ0) is 84.6. The van der Waals surface area contributed by atoms with E-state index in [1.165, 1.54) is 71.2 Å². The number of halogens is 2. The number of anilines is 6. The van der Waals surface area contributed by atoms with Gasteiger partial charge in [0.25, 0.3) is 0 Å². The van der Waals surface area contributed by atoms with Gasteiger partial charge >= 0.3 is 0 Å². The Morgan fingerprint density at radius 2 is 0.445 bits per heavy atom. The van der Waals surface area contributed by atoms with E-state index < -0.39 is 0 Å². The number of fused-ring (bicyclic) bond motifs is 23. The maximum atomic E-state index is 6.83. The van der Waals surface area contributed by atoms with Gasteiger partial charge in [0.15, 0.2) is 0 Å². The molecule has 0 aliphatic heterocycles. The Labute approximate surface area is 743 Å². The van der Waals surface area contributed by atoms with Gasteiger partial charge in [-0.2, -0.15) is 0 Å². The molecule has 7 heterocycles. The summed E-state index contributed by atoms with van der Waals surface area (Å²) in [6.45, 7) is 0. The van der Waals surface area contributed by atoms with E-state index in [1.807, 2.05) is 36.4 Å². The van der Waals surface area contributed by atoms with Gasteiger partial charge in [-0.15, -0.1) is 0 Å². The van der Waals surface area contributed by atoms with Crippen LogP contribution in [-0.4, -0.2) is 13.7 Å². The highest BCUT2D eigenvalue weighted by molar-refractivity contribution is 6.32. The van der Waals surface area contributed by atoms with Crippen LogP contribution in [0.5, 0.6) is 0 Å². The fraction of sp³-hybridized carbons (Fsp3) is 0.00855. The van der Waals surface area contributed by atoms with Crippen molar-refractivity contribution in [3.8, 4) is 17.1 Å². The minimum absolute atomic E-state index is 0.670. The first-order chi connectivity index (χ1) is 63.2. The monoisotopic (exact) mass is 1680 g/mol. The summed E-state index contributed by atoms with van der Waals surface area (Å²) in [5.74, 6) is 0.